The molecule has 0 radical (unpaired) electrons. The Balaban J connectivity index is 2.11. The van der Waals surface area contributed by atoms with Gasteiger partial charge < -0.3 is 5.32 Å². The molecule has 0 saturated heterocycles. The fourth-order valence-electron chi connectivity index (χ4n) is 1.53. The fraction of sp³-hybridized carbons (Fsp3) is 0.400. The first kappa shape index (κ1) is 10.2. The Morgan fingerprint density at radius 1 is 1.47 bits per heavy atom. The first-order valence-corrected chi connectivity index (χ1v) is 5.74. The van der Waals surface area contributed by atoms with Gasteiger partial charge in [-0.25, -0.2) is 4.98 Å². The minimum atomic E-state index is 0.761. The van der Waals surface area contributed by atoms with Gasteiger partial charge in [-0.15, -0.1) is 11.3 Å². The van der Waals surface area contributed by atoms with Crippen LogP contribution in [0.3, 0.4) is 0 Å². The first-order chi connectivity index (χ1) is 7.18. The number of hydrogen-bond acceptors (Lipinski definition) is 4. The second-order valence-corrected chi connectivity index (χ2v) is 4.22. The van der Waals surface area contributed by atoms with Gasteiger partial charge in [0.15, 0.2) is 0 Å². The summed E-state index contributed by atoms with van der Waals surface area (Å²) in [5.74, 6) is 0. The molecule has 4 nitrogen and oxygen atoms in total. The van der Waals surface area contributed by atoms with E-state index in [1.54, 1.807) is 11.3 Å². The van der Waals surface area contributed by atoms with Crippen LogP contribution in [0.1, 0.15) is 17.1 Å². The van der Waals surface area contributed by atoms with Crippen LogP contribution in [0.2, 0.25) is 0 Å². The molecule has 0 atom stereocenters. The largest absolute Gasteiger partial charge is 0.376 e. The van der Waals surface area contributed by atoms with Gasteiger partial charge in [0, 0.05) is 12.4 Å². The average molecular weight is 222 g/mol. The summed E-state index contributed by atoms with van der Waals surface area (Å²) in [6, 6.07) is 0. The van der Waals surface area contributed by atoms with Gasteiger partial charge in [0.25, 0.3) is 0 Å². The van der Waals surface area contributed by atoms with E-state index < -0.39 is 0 Å². The number of aryl methyl sites for hydroxylation is 2. The molecular formula is C10H14N4S. The third kappa shape index (κ3) is 2.02. The van der Waals surface area contributed by atoms with Crippen molar-refractivity contribution in [2.75, 3.05) is 5.32 Å². The minimum Gasteiger partial charge on any atom is -0.376 e. The van der Waals surface area contributed by atoms with E-state index in [2.05, 4.69) is 22.3 Å². The predicted octanol–water partition coefficient (Wildman–Crippen LogP) is 2.11. The molecule has 2 rings (SSSR count). The molecule has 0 unspecified atom stereocenters. The van der Waals surface area contributed by atoms with Gasteiger partial charge in [-0.1, -0.05) is 0 Å². The van der Waals surface area contributed by atoms with E-state index in [0.717, 1.165) is 29.3 Å². The van der Waals surface area contributed by atoms with Crippen LogP contribution in [-0.2, 0) is 13.6 Å². The summed E-state index contributed by atoms with van der Waals surface area (Å²) in [6.07, 6.45) is 0. The summed E-state index contributed by atoms with van der Waals surface area (Å²) in [6.45, 7) is 4.83. The third-order valence-corrected chi connectivity index (χ3v) is 3.07. The van der Waals surface area contributed by atoms with Crippen LogP contribution < -0.4 is 5.32 Å². The van der Waals surface area contributed by atoms with Crippen molar-refractivity contribution in [1.82, 2.24) is 14.8 Å². The van der Waals surface area contributed by atoms with Crippen molar-refractivity contribution in [1.29, 1.82) is 0 Å². The fourth-order valence-corrected chi connectivity index (χ4v) is 2.09. The SMILES string of the molecule is Cc1nn(C)c(C)c1NCc1cscn1. The van der Waals surface area contributed by atoms with E-state index in [1.165, 1.54) is 0 Å². The van der Waals surface area contributed by atoms with Gasteiger partial charge in [-0.05, 0) is 13.8 Å². The Labute approximate surface area is 93.0 Å². The van der Waals surface area contributed by atoms with Gasteiger partial charge in [-0.2, -0.15) is 5.10 Å². The highest BCUT2D eigenvalue weighted by Gasteiger charge is 2.08. The molecule has 0 spiro atoms. The number of hydrogen-bond donors (Lipinski definition) is 1. The number of nitrogens with one attached hydrogen (secondary N) is 1. The summed E-state index contributed by atoms with van der Waals surface area (Å²) < 4.78 is 1.89. The summed E-state index contributed by atoms with van der Waals surface area (Å²) >= 11 is 1.62. The second-order valence-electron chi connectivity index (χ2n) is 3.50. The quantitative estimate of drug-likeness (QED) is 0.865. The van der Waals surface area contributed by atoms with E-state index in [9.17, 15) is 0 Å². The highest BCUT2D eigenvalue weighted by atomic mass is 32.1. The van der Waals surface area contributed by atoms with Crippen molar-refractivity contribution in [2.45, 2.75) is 20.4 Å². The van der Waals surface area contributed by atoms with Crippen LogP contribution >= 0.6 is 11.3 Å². The number of rotatable bonds is 3. The molecule has 2 aromatic heterocycles. The maximum atomic E-state index is 4.35. The standard InChI is InChI=1S/C10H14N4S/c1-7-10(8(2)14(3)13-7)11-4-9-5-15-6-12-9/h5-6,11H,4H2,1-3H3. The zero-order chi connectivity index (χ0) is 10.8. The molecule has 80 valence electrons. The molecule has 0 aromatic carbocycles. The molecule has 0 aliphatic rings. The van der Waals surface area contributed by atoms with Crippen molar-refractivity contribution < 1.29 is 0 Å². The lowest BCUT2D eigenvalue weighted by Crippen LogP contribution is -2.01. The molecule has 0 fully saturated rings. The Morgan fingerprint density at radius 3 is 2.80 bits per heavy atom. The number of anilines is 1. The predicted molar refractivity (Wildman–Crippen MR) is 62.1 cm³/mol. The Morgan fingerprint density at radius 2 is 2.27 bits per heavy atom. The highest BCUT2D eigenvalue weighted by Crippen LogP contribution is 2.19. The number of nitrogens with zero attached hydrogens (tertiary/aromatic N) is 3. The zero-order valence-electron chi connectivity index (χ0n) is 9.11. The van der Waals surface area contributed by atoms with Gasteiger partial charge in [0.2, 0.25) is 0 Å². The Kier molecular flexibility index (Phi) is 2.73. The maximum absolute atomic E-state index is 4.35. The number of thiazole rings is 1. The lowest BCUT2D eigenvalue weighted by atomic mass is 10.3. The van der Waals surface area contributed by atoms with Gasteiger partial charge in [0.05, 0.1) is 34.8 Å². The van der Waals surface area contributed by atoms with Crippen molar-refractivity contribution in [3.8, 4) is 0 Å². The monoisotopic (exact) mass is 222 g/mol. The maximum Gasteiger partial charge on any atom is 0.0827 e. The van der Waals surface area contributed by atoms with Crippen molar-refractivity contribution in [3.63, 3.8) is 0 Å². The van der Waals surface area contributed by atoms with E-state index in [4.69, 9.17) is 0 Å². The van der Waals surface area contributed by atoms with Crippen LogP contribution in [0.15, 0.2) is 10.9 Å². The van der Waals surface area contributed by atoms with Crippen LogP contribution in [-0.4, -0.2) is 14.8 Å². The van der Waals surface area contributed by atoms with Gasteiger partial charge in [-0.3, -0.25) is 4.68 Å². The second kappa shape index (κ2) is 4.02. The van der Waals surface area contributed by atoms with E-state index >= 15 is 0 Å². The molecular weight excluding hydrogens is 208 g/mol. The summed E-state index contributed by atoms with van der Waals surface area (Å²) in [4.78, 5) is 4.23. The first-order valence-electron chi connectivity index (χ1n) is 4.79. The summed E-state index contributed by atoms with van der Waals surface area (Å²) in [5, 5.41) is 9.76. The van der Waals surface area contributed by atoms with Crippen molar-refractivity contribution in [2.24, 2.45) is 7.05 Å². The van der Waals surface area contributed by atoms with E-state index in [1.807, 2.05) is 29.5 Å². The van der Waals surface area contributed by atoms with Crippen LogP contribution in [0.4, 0.5) is 5.69 Å². The van der Waals surface area contributed by atoms with Gasteiger partial charge in [0.1, 0.15) is 0 Å². The topological polar surface area (TPSA) is 42.7 Å². The normalized spacial score (nSPS) is 10.6. The lowest BCUT2D eigenvalue weighted by Gasteiger charge is -2.04. The van der Waals surface area contributed by atoms with Gasteiger partial charge >= 0.3 is 0 Å². The zero-order valence-corrected chi connectivity index (χ0v) is 9.93. The Bertz CT molecular complexity index is 444. The molecule has 0 aliphatic heterocycles. The van der Waals surface area contributed by atoms with E-state index in [-0.39, 0.29) is 0 Å². The van der Waals surface area contributed by atoms with Crippen LogP contribution in [0.25, 0.3) is 0 Å². The molecule has 5 heteroatoms. The summed E-state index contributed by atoms with van der Waals surface area (Å²) in [5.41, 5.74) is 6.22. The van der Waals surface area contributed by atoms with E-state index in [0.29, 0.717) is 0 Å². The molecule has 0 saturated carbocycles. The molecule has 0 aliphatic carbocycles. The van der Waals surface area contributed by atoms with Crippen LogP contribution in [0, 0.1) is 13.8 Å². The van der Waals surface area contributed by atoms with Crippen molar-refractivity contribution >= 4 is 17.0 Å². The van der Waals surface area contributed by atoms with Crippen molar-refractivity contribution in [3.05, 3.63) is 28.0 Å². The molecule has 1 N–H and O–H groups in total. The Hall–Kier alpha value is -1.36. The minimum absolute atomic E-state index is 0.761. The smallest absolute Gasteiger partial charge is 0.0827 e. The molecule has 0 bridgehead atoms. The van der Waals surface area contributed by atoms with Crippen LogP contribution in [0.5, 0.6) is 0 Å². The average Bonchev–Trinajstić information content (AvgIpc) is 2.76. The highest BCUT2D eigenvalue weighted by molar-refractivity contribution is 7.07. The lowest BCUT2D eigenvalue weighted by molar-refractivity contribution is 0.731. The molecule has 2 aromatic rings. The molecule has 2 heterocycles. The summed E-state index contributed by atoms with van der Waals surface area (Å²) in [7, 11) is 1.95. The third-order valence-electron chi connectivity index (χ3n) is 2.44. The number of aromatic nitrogens is 3. The molecule has 15 heavy (non-hydrogen) atoms. The molecule has 0 amide bonds.